The Hall–Kier alpha value is -1.85. The van der Waals surface area contributed by atoms with Crippen molar-refractivity contribution in [2.75, 3.05) is 0 Å². The van der Waals surface area contributed by atoms with Gasteiger partial charge < -0.3 is 4.52 Å². The number of alkyl halides is 3. The number of allylic oxidation sites excluding steroid dienone is 4. The molecule has 1 unspecified atom stereocenters. The van der Waals surface area contributed by atoms with Crippen LogP contribution in [0.5, 0.6) is 0 Å². The Kier molecular flexibility index (Phi) is 4.06. The smallest absolute Gasteiger partial charge is 0.351 e. The molecular weight excluding hydrogens is 295 g/mol. The van der Waals surface area contributed by atoms with Crippen molar-refractivity contribution >= 4 is 11.4 Å². The van der Waals surface area contributed by atoms with Crippen LogP contribution in [0.1, 0.15) is 44.2 Å². The zero-order chi connectivity index (χ0) is 16.7. The average molecular weight is 313 g/mol. The van der Waals surface area contributed by atoms with Crippen molar-refractivity contribution in [3.05, 3.63) is 35.2 Å². The predicted molar refractivity (Wildman–Crippen MR) is 75.9 cm³/mol. The van der Waals surface area contributed by atoms with Crippen LogP contribution in [0.4, 0.5) is 13.2 Å². The molecule has 0 saturated carbocycles. The highest BCUT2D eigenvalue weighted by Gasteiger charge is 2.39. The number of carbonyl (C=O) groups is 1. The topological polar surface area (TPSA) is 43.1 Å². The van der Waals surface area contributed by atoms with Gasteiger partial charge in [-0.15, -0.1) is 0 Å². The third kappa shape index (κ3) is 3.15. The molecular formula is C16H18F3NO2. The molecule has 1 aliphatic rings. The summed E-state index contributed by atoms with van der Waals surface area (Å²) in [6, 6.07) is 0. The van der Waals surface area contributed by atoms with Crippen LogP contribution < -0.4 is 0 Å². The first kappa shape index (κ1) is 16.5. The number of carbonyl (C=O) groups excluding carboxylic acids is 1. The van der Waals surface area contributed by atoms with Crippen LogP contribution in [0.25, 0.3) is 5.57 Å². The van der Waals surface area contributed by atoms with Crippen LogP contribution in [-0.4, -0.2) is 10.9 Å². The second-order valence-corrected chi connectivity index (χ2v) is 6.46. The van der Waals surface area contributed by atoms with E-state index in [1.165, 1.54) is 6.92 Å². The normalized spacial score (nSPS) is 19.2. The van der Waals surface area contributed by atoms with E-state index in [0.717, 1.165) is 0 Å². The molecule has 2 rings (SSSR count). The molecule has 0 fully saturated rings. The van der Waals surface area contributed by atoms with Gasteiger partial charge >= 0.3 is 6.18 Å². The monoisotopic (exact) mass is 313 g/mol. The molecule has 3 nitrogen and oxygen atoms in total. The summed E-state index contributed by atoms with van der Waals surface area (Å²) in [5.41, 5.74) is 0.233. The lowest BCUT2D eigenvalue weighted by molar-refractivity contribution is -0.156. The van der Waals surface area contributed by atoms with Crippen molar-refractivity contribution in [3.63, 3.8) is 0 Å². The van der Waals surface area contributed by atoms with E-state index in [-0.39, 0.29) is 23.0 Å². The van der Waals surface area contributed by atoms with Crippen LogP contribution in [0.3, 0.4) is 0 Å². The van der Waals surface area contributed by atoms with Gasteiger partial charge in [-0.05, 0) is 18.9 Å². The fourth-order valence-electron chi connectivity index (χ4n) is 2.42. The van der Waals surface area contributed by atoms with Crippen molar-refractivity contribution in [1.29, 1.82) is 0 Å². The summed E-state index contributed by atoms with van der Waals surface area (Å²) in [4.78, 5) is 12.2. The van der Waals surface area contributed by atoms with Crippen LogP contribution in [0.2, 0.25) is 0 Å². The molecule has 22 heavy (non-hydrogen) atoms. The first-order valence-electron chi connectivity index (χ1n) is 6.98. The summed E-state index contributed by atoms with van der Waals surface area (Å²) in [5, 5.41) is 3.53. The lowest BCUT2D eigenvalue weighted by Gasteiger charge is -2.23. The van der Waals surface area contributed by atoms with Gasteiger partial charge in [0.05, 0.1) is 0 Å². The molecule has 1 aromatic heterocycles. The Bertz CT molecular complexity index is 645. The summed E-state index contributed by atoms with van der Waals surface area (Å²) >= 11 is 0. The number of aromatic nitrogens is 1. The molecule has 1 aliphatic carbocycles. The van der Waals surface area contributed by atoms with Gasteiger partial charge in [0, 0.05) is 16.9 Å². The van der Waals surface area contributed by atoms with E-state index in [2.05, 4.69) is 9.68 Å². The van der Waals surface area contributed by atoms with Crippen LogP contribution in [-0.2, 0) is 11.0 Å². The summed E-state index contributed by atoms with van der Waals surface area (Å²) in [5.74, 6) is -1.23. The fraction of sp³-hybridized carbons (Fsp3) is 0.500. The predicted octanol–water partition coefficient (Wildman–Crippen LogP) is 4.58. The van der Waals surface area contributed by atoms with Crippen molar-refractivity contribution in [3.8, 4) is 0 Å². The Morgan fingerprint density at radius 2 is 1.95 bits per heavy atom. The average Bonchev–Trinajstić information content (AvgIpc) is 2.79. The second-order valence-electron chi connectivity index (χ2n) is 6.46. The molecule has 0 aliphatic heterocycles. The standard InChI is InChI=1S/C16H18F3NO2/c1-9-12(20-22-14(9)16(17,18)19)10-5-7-11(8-6-10)13(21)15(2,3)4/h5-7,11H,8H2,1-4H3. The lowest BCUT2D eigenvalue weighted by atomic mass is 9.79. The lowest BCUT2D eigenvalue weighted by Crippen LogP contribution is -2.27. The van der Waals surface area contributed by atoms with Crippen molar-refractivity contribution in [2.24, 2.45) is 11.3 Å². The van der Waals surface area contributed by atoms with Gasteiger partial charge in [-0.1, -0.05) is 44.2 Å². The number of nitrogens with zero attached hydrogens (tertiary/aromatic N) is 1. The third-order valence-corrected chi connectivity index (χ3v) is 3.63. The van der Waals surface area contributed by atoms with E-state index in [1.807, 2.05) is 20.8 Å². The number of ketones is 1. The van der Waals surface area contributed by atoms with E-state index >= 15 is 0 Å². The fourth-order valence-corrected chi connectivity index (χ4v) is 2.42. The highest BCUT2D eigenvalue weighted by Crippen LogP contribution is 2.36. The summed E-state index contributed by atoms with van der Waals surface area (Å²) in [6.07, 6.45) is 1.00. The zero-order valence-electron chi connectivity index (χ0n) is 12.9. The minimum Gasteiger partial charge on any atom is -0.351 e. The van der Waals surface area contributed by atoms with E-state index in [4.69, 9.17) is 0 Å². The summed E-state index contributed by atoms with van der Waals surface area (Å²) < 4.78 is 42.6. The van der Waals surface area contributed by atoms with Gasteiger partial charge in [0.1, 0.15) is 11.5 Å². The maximum atomic E-state index is 12.7. The first-order valence-corrected chi connectivity index (χ1v) is 6.98. The molecule has 1 aromatic rings. The van der Waals surface area contributed by atoms with Crippen molar-refractivity contribution in [2.45, 2.75) is 40.3 Å². The number of Topliss-reactive ketones (excluding diaryl/α,β-unsaturated/α-hetero) is 1. The highest BCUT2D eigenvalue weighted by atomic mass is 19.4. The van der Waals surface area contributed by atoms with Crippen LogP contribution in [0, 0.1) is 18.3 Å². The van der Waals surface area contributed by atoms with Crippen molar-refractivity contribution < 1.29 is 22.5 Å². The molecule has 0 radical (unpaired) electrons. The summed E-state index contributed by atoms with van der Waals surface area (Å²) in [6.45, 7) is 6.87. The van der Waals surface area contributed by atoms with Crippen LogP contribution in [0.15, 0.2) is 22.8 Å². The SMILES string of the molecule is Cc1c(C2=CCC(C(=O)C(C)(C)C)C=C2)noc1C(F)(F)F. The van der Waals surface area contributed by atoms with Gasteiger partial charge in [-0.25, -0.2) is 0 Å². The van der Waals surface area contributed by atoms with Gasteiger partial charge in [-0.2, -0.15) is 13.2 Å². The van der Waals surface area contributed by atoms with Crippen molar-refractivity contribution in [1.82, 2.24) is 5.16 Å². The second kappa shape index (κ2) is 5.41. The third-order valence-electron chi connectivity index (χ3n) is 3.63. The van der Waals surface area contributed by atoms with Gasteiger partial charge in [-0.3, -0.25) is 4.79 Å². The molecule has 120 valence electrons. The number of hydrogen-bond donors (Lipinski definition) is 0. The first-order chi connectivity index (χ1) is 10.0. The quantitative estimate of drug-likeness (QED) is 0.803. The number of halogens is 3. The molecule has 1 heterocycles. The van der Waals surface area contributed by atoms with Gasteiger partial charge in [0.15, 0.2) is 0 Å². The molecule has 0 spiro atoms. The molecule has 0 saturated heterocycles. The van der Waals surface area contributed by atoms with Gasteiger partial charge in [0.2, 0.25) is 5.76 Å². The van der Waals surface area contributed by atoms with E-state index in [1.54, 1.807) is 18.2 Å². The Balaban J connectivity index is 2.22. The maximum Gasteiger partial charge on any atom is 0.452 e. The number of rotatable bonds is 2. The molecule has 0 amide bonds. The number of hydrogen-bond acceptors (Lipinski definition) is 3. The Morgan fingerprint density at radius 1 is 1.32 bits per heavy atom. The Morgan fingerprint density at radius 3 is 2.36 bits per heavy atom. The molecule has 0 aromatic carbocycles. The molecule has 0 bridgehead atoms. The van der Waals surface area contributed by atoms with E-state index < -0.39 is 17.4 Å². The largest absolute Gasteiger partial charge is 0.452 e. The Labute approximate surface area is 126 Å². The summed E-state index contributed by atoms with van der Waals surface area (Å²) in [7, 11) is 0. The van der Waals surface area contributed by atoms with Crippen LogP contribution >= 0.6 is 0 Å². The molecule has 1 atom stereocenters. The highest BCUT2D eigenvalue weighted by molar-refractivity contribution is 5.89. The molecule has 6 heteroatoms. The van der Waals surface area contributed by atoms with E-state index in [9.17, 15) is 18.0 Å². The van der Waals surface area contributed by atoms with Gasteiger partial charge in [0.25, 0.3) is 0 Å². The zero-order valence-corrected chi connectivity index (χ0v) is 12.9. The minimum absolute atomic E-state index is 0.0380. The van der Waals surface area contributed by atoms with E-state index in [0.29, 0.717) is 12.0 Å². The minimum atomic E-state index is -4.56. The maximum absolute atomic E-state index is 12.7. The molecule has 0 N–H and O–H groups in total.